The quantitative estimate of drug-likeness (QED) is 0.804. The summed E-state index contributed by atoms with van der Waals surface area (Å²) in [5.41, 5.74) is 9.51. The predicted octanol–water partition coefficient (Wildman–Crippen LogP) is 4.63. The summed E-state index contributed by atoms with van der Waals surface area (Å²) in [4.78, 5) is 0. The second-order valence-electron chi connectivity index (χ2n) is 5.48. The minimum atomic E-state index is 0.681. The summed E-state index contributed by atoms with van der Waals surface area (Å²) in [6.45, 7) is 5.00. The van der Waals surface area contributed by atoms with Gasteiger partial charge >= 0.3 is 0 Å². The van der Waals surface area contributed by atoms with Crippen LogP contribution in [0.2, 0.25) is 0 Å². The SMILES string of the molecule is CCCCc1ccc(Oc2ccc(CCN)c(C)c2)cc1. The Morgan fingerprint density at radius 3 is 2.29 bits per heavy atom. The normalized spacial score (nSPS) is 10.6. The minimum absolute atomic E-state index is 0.681. The van der Waals surface area contributed by atoms with E-state index in [-0.39, 0.29) is 0 Å². The molecule has 0 saturated carbocycles. The molecule has 0 aliphatic carbocycles. The van der Waals surface area contributed by atoms with Gasteiger partial charge in [0.2, 0.25) is 0 Å². The van der Waals surface area contributed by atoms with Gasteiger partial charge in [-0.1, -0.05) is 31.5 Å². The Bertz CT molecular complexity index is 560. The zero-order valence-electron chi connectivity index (χ0n) is 13.1. The topological polar surface area (TPSA) is 35.2 Å². The van der Waals surface area contributed by atoms with Crippen molar-refractivity contribution in [2.75, 3.05) is 6.54 Å². The molecule has 2 nitrogen and oxygen atoms in total. The Labute approximate surface area is 127 Å². The third-order valence-corrected chi connectivity index (χ3v) is 3.71. The fraction of sp³-hybridized carbons (Fsp3) is 0.368. The number of aryl methyl sites for hydroxylation is 2. The van der Waals surface area contributed by atoms with Crippen LogP contribution in [0.1, 0.15) is 36.5 Å². The number of nitrogens with two attached hydrogens (primary N) is 1. The first kappa shape index (κ1) is 15.6. The van der Waals surface area contributed by atoms with Crippen LogP contribution in [0, 0.1) is 6.92 Å². The van der Waals surface area contributed by atoms with E-state index in [1.165, 1.54) is 29.5 Å². The van der Waals surface area contributed by atoms with Gasteiger partial charge in [0, 0.05) is 0 Å². The number of unbranched alkanes of at least 4 members (excludes halogenated alkanes) is 1. The van der Waals surface area contributed by atoms with Crippen molar-refractivity contribution in [2.24, 2.45) is 5.73 Å². The van der Waals surface area contributed by atoms with Gasteiger partial charge in [0.15, 0.2) is 0 Å². The molecule has 0 heterocycles. The zero-order valence-corrected chi connectivity index (χ0v) is 13.1. The molecule has 0 spiro atoms. The molecule has 21 heavy (non-hydrogen) atoms. The second-order valence-corrected chi connectivity index (χ2v) is 5.48. The fourth-order valence-corrected chi connectivity index (χ4v) is 2.41. The molecule has 0 aliphatic heterocycles. The lowest BCUT2D eigenvalue weighted by Crippen LogP contribution is -2.04. The molecule has 0 saturated heterocycles. The molecule has 2 N–H and O–H groups in total. The molecule has 2 heteroatoms. The Morgan fingerprint density at radius 2 is 1.67 bits per heavy atom. The van der Waals surface area contributed by atoms with Crippen molar-refractivity contribution in [1.82, 2.24) is 0 Å². The van der Waals surface area contributed by atoms with Gasteiger partial charge in [-0.3, -0.25) is 0 Å². The zero-order chi connectivity index (χ0) is 15.1. The number of ether oxygens (including phenoxy) is 1. The van der Waals surface area contributed by atoms with Gasteiger partial charge in [0.05, 0.1) is 0 Å². The highest BCUT2D eigenvalue weighted by Gasteiger charge is 2.02. The number of hydrogen-bond donors (Lipinski definition) is 1. The van der Waals surface area contributed by atoms with Gasteiger partial charge in [-0.25, -0.2) is 0 Å². The summed E-state index contributed by atoms with van der Waals surface area (Å²) in [7, 11) is 0. The first-order valence-electron chi connectivity index (χ1n) is 7.79. The summed E-state index contributed by atoms with van der Waals surface area (Å²) in [6.07, 6.45) is 4.52. The maximum absolute atomic E-state index is 5.92. The van der Waals surface area contributed by atoms with Crippen molar-refractivity contribution in [3.8, 4) is 11.5 Å². The minimum Gasteiger partial charge on any atom is -0.457 e. The molecule has 2 aromatic carbocycles. The maximum Gasteiger partial charge on any atom is 0.127 e. The van der Waals surface area contributed by atoms with E-state index in [4.69, 9.17) is 10.5 Å². The van der Waals surface area contributed by atoms with Crippen LogP contribution in [0.25, 0.3) is 0 Å². The van der Waals surface area contributed by atoms with E-state index in [0.717, 1.165) is 24.3 Å². The lowest BCUT2D eigenvalue weighted by atomic mass is 10.1. The van der Waals surface area contributed by atoms with Crippen LogP contribution in [-0.2, 0) is 12.8 Å². The van der Waals surface area contributed by atoms with Crippen LogP contribution in [0.5, 0.6) is 11.5 Å². The van der Waals surface area contributed by atoms with Crippen LogP contribution >= 0.6 is 0 Å². The van der Waals surface area contributed by atoms with Crippen LogP contribution in [0.15, 0.2) is 42.5 Å². The van der Waals surface area contributed by atoms with E-state index >= 15 is 0 Å². The first-order chi connectivity index (χ1) is 10.2. The molecular formula is C19H25NO. The van der Waals surface area contributed by atoms with Crippen LogP contribution in [0.3, 0.4) is 0 Å². The average molecular weight is 283 g/mol. The van der Waals surface area contributed by atoms with Gasteiger partial charge in [-0.15, -0.1) is 0 Å². The Morgan fingerprint density at radius 1 is 0.952 bits per heavy atom. The molecule has 0 atom stereocenters. The summed E-state index contributed by atoms with van der Waals surface area (Å²) >= 11 is 0. The molecule has 0 aromatic heterocycles. The first-order valence-corrected chi connectivity index (χ1v) is 7.79. The summed E-state index contributed by atoms with van der Waals surface area (Å²) in [5.74, 6) is 1.77. The summed E-state index contributed by atoms with van der Waals surface area (Å²) in [5, 5.41) is 0. The van der Waals surface area contributed by atoms with E-state index in [0.29, 0.717) is 6.54 Å². The molecule has 0 unspecified atom stereocenters. The average Bonchev–Trinajstić information content (AvgIpc) is 2.49. The van der Waals surface area contributed by atoms with Crippen molar-refractivity contribution in [1.29, 1.82) is 0 Å². The number of benzene rings is 2. The molecule has 0 amide bonds. The summed E-state index contributed by atoms with van der Waals surface area (Å²) < 4.78 is 5.92. The lowest BCUT2D eigenvalue weighted by Gasteiger charge is -2.10. The number of hydrogen-bond acceptors (Lipinski definition) is 2. The van der Waals surface area contributed by atoms with Crippen LogP contribution < -0.4 is 10.5 Å². The van der Waals surface area contributed by atoms with Gasteiger partial charge in [0.1, 0.15) is 11.5 Å². The maximum atomic E-state index is 5.92. The lowest BCUT2D eigenvalue weighted by molar-refractivity contribution is 0.481. The smallest absolute Gasteiger partial charge is 0.127 e. The van der Waals surface area contributed by atoms with Gasteiger partial charge in [-0.2, -0.15) is 0 Å². The standard InChI is InChI=1S/C19H25NO/c1-3-4-5-16-6-9-18(10-7-16)21-19-11-8-17(12-13-20)15(2)14-19/h6-11,14H,3-5,12-13,20H2,1-2H3. The number of rotatable bonds is 7. The molecule has 0 radical (unpaired) electrons. The van der Waals surface area contributed by atoms with E-state index in [1.807, 2.05) is 18.2 Å². The highest BCUT2D eigenvalue weighted by Crippen LogP contribution is 2.24. The largest absolute Gasteiger partial charge is 0.457 e. The molecule has 0 fully saturated rings. The fourth-order valence-electron chi connectivity index (χ4n) is 2.41. The molecule has 0 bridgehead atoms. The van der Waals surface area contributed by atoms with Crippen molar-refractivity contribution in [2.45, 2.75) is 39.5 Å². The van der Waals surface area contributed by atoms with E-state index in [9.17, 15) is 0 Å². The molecule has 112 valence electrons. The van der Waals surface area contributed by atoms with Crippen LogP contribution in [0.4, 0.5) is 0 Å². The van der Waals surface area contributed by atoms with Crippen molar-refractivity contribution in [3.63, 3.8) is 0 Å². The van der Waals surface area contributed by atoms with E-state index in [2.05, 4.69) is 38.1 Å². The Balaban J connectivity index is 2.02. The van der Waals surface area contributed by atoms with Gasteiger partial charge in [-0.05, 0) is 73.7 Å². The van der Waals surface area contributed by atoms with Gasteiger partial charge < -0.3 is 10.5 Å². The van der Waals surface area contributed by atoms with Crippen molar-refractivity contribution >= 4 is 0 Å². The third kappa shape index (κ3) is 4.61. The molecule has 2 rings (SSSR count). The van der Waals surface area contributed by atoms with Crippen LogP contribution in [-0.4, -0.2) is 6.54 Å². The highest BCUT2D eigenvalue weighted by atomic mass is 16.5. The molecule has 0 aliphatic rings. The van der Waals surface area contributed by atoms with E-state index in [1.54, 1.807) is 0 Å². The van der Waals surface area contributed by atoms with Crippen molar-refractivity contribution in [3.05, 3.63) is 59.2 Å². The third-order valence-electron chi connectivity index (χ3n) is 3.71. The monoisotopic (exact) mass is 283 g/mol. The van der Waals surface area contributed by atoms with Crippen molar-refractivity contribution < 1.29 is 4.74 Å². The Kier molecular flexibility index (Phi) is 5.82. The summed E-state index contributed by atoms with van der Waals surface area (Å²) in [6, 6.07) is 14.6. The molecular weight excluding hydrogens is 258 g/mol. The van der Waals surface area contributed by atoms with Gasteiger partial charge in [0.25, 0.3) is 0 Å². The second kappa shape index (κ2) is 7.84. The Hall–Kier alpha value is -1.80. The van der Waals surface area contributed by atoms with E-state index < -0.39 is 0 Å². The molecule has 2 aromatic rings. The predicted molar refractivity (Wildman–Crippen MR) is 89.1 cm³/mol. The highest BCUT2D eigenvalue weighted by molar-refractivity contribution is 5.38.